The lowest BCUT2D eigenvalue weighted by Gasteiger charge is -2.37. The van der Waals surface area contributed by atoms with Crippen molar-refractivity contribution in [3.8, 4) is 0 Å². The molecular weight excluding hydrogens is 243 g/mol. The summed E-state index contributed by atoms with van der Waals surface area (Å²) >= 11 is 0. The molecular formula is C9H25MgO3PS. The van der Waals surface area contributed by atoms with Crippen LogP contribution >= 0.6 is 18.6 Å². The van der Waals surface area contributed by atoms with Crippen LogP contribution < -0.4 is 0 Å². The monoisotopic (exact) mass is 268 g/mol. The Balaban J connectivity index is 0. The molecule has 0 saturated carbocycles. The molecule has 1 N–H and O–H groups in total. The zero-order chi connectivity index (χ0) is 11.0. The molecule has 0 aromatic carbocycles. The summed E-state index contributed by atoms with van der Waals surface area (Å²) in [5, 5.41) is 0. The Labute approximate surface area is 112 Å². The van der Waals surface area contributed by atoms with E-state index >= 15 is 0 Å². The van der Waals surface area contributed by atoms with Crippen LogP contribution in [0.1, 0.15) is 40.0 Å². The van der Waals surface area contributed by atoms with Gasteiger partial charge in [-0.15, -0.1) is 10.3 Å². The third kappa shape index (κ3) is 8.05. The molecule has 0 fully saturated rings. The van der Waals surface area contributed by atoms with Crippen LogP contribution in [0.2, 0.25) is 0 Å². The lowest BCUT2D eigenvalue weighted by Crippen LogP contribution is -2.13. The van der Waals surface area contributed by atoms with Gasteiger partial charge in [-0.25, -0.2) is 0 Å². The molecule has 15 heavy (non-hydrogen) atoms. The molecule has 6 heteroatoms. The zero-order valence-electron chi connectivity index (χ0n) is 9.41. The molecule has 0 spiro atoms. The van der Waals surface area contributed by atoms with Crippen LogP contribution in [0.5, 0.6) is 0 Å². The van der Waals surface area contributed by atoms with E-state index in [1.54, 1.807) is 0 Å². The van der Waals surface area contributed by atoms with Crippen molar-refractivity contribution in [3.63, 3.8) is 0 Å². The maximum absolute atomic E-state index is 10.8. The van der Waals surface area contributed by atoms with E-state index < -0.39 is 18.6 Å². The second-order valence-corrected chi connectivity index (χ2v) is 7.78. The summed E-state index contributed by atoms with van der Waals surface area (Å²) in [7, 11) is -4.03. The molecule has 3 nitrogen and oxygen atoms in total. The van der Waals surface area contributed by atoms with Crippen LogP contribution in [-0.2, 0) is 8.54 Å². The number of rotatable bonds is 8. The Bertz CT molecular complexity index is 164. The first-order valence-electron chi connectivity index (χ1n) is 5.29. The maximum atomic E-state index is 10.8. The van der Waals surface area contributed by atoms with Crippen LogP contribution in [0.15, 0.2) is 0 Å². The van der Waals surface area contributed by atoms with Crippen molar-refractivity contribution in [2.45, 2.75) is 40.0 Å². The molecule has 0 radical (unpaired) electrons. The SMILES string of the molecule is CCCS(CCC)(CCC)O[PH](=O)O.[MgH2]. The Morgan fingerprint density at radius 3 is 1.60 bits per heavy atom. The van der Waals surface area contributed by atoms with Gasteiger partial charge in [-0.3, -0.25) is 8.54 Å². The topological polar surface area (TPSA) is 46.5 Å². The van der Waals surface area contributed by atoms with Gasteiger partial charge in [0, 0.05) is 0 Å². The van der Waals surface area contributed by atoms with Crippen LogP contribution in [0.4, 0.5) is 0 Å². The highest BCUT2D eigenvalue weighted by Crippen LogP contribution is 2.56. The maximum Gasteiger partial charge on any atom is 0.326 e. The second-order valence-electron chi connectivity index (χ2n) is 3.43. The molecule has 0 aromatic rings. The summed E-state index contributed by atoms with van der Waals surface area (Å²) in [6.45, 7) is 6.31. The first kappa shape index (κ1) is 18.6. The van der Waals surface area contributed by atoms with Gasteiger partial charge < -0.3 is 4.89 Å². The number of hydrogen-bond acceptors (Lipinski definition) is 2. The summed E-state index contributed by atoms with van der Waals surface area (Å²) in [6.07, 6.45) is 3.10. The van der Waals surface area contributed by atoms with Crippen molar-refractivity contribution < 1.29 is 13.4 Å². The van der Waals surface area contributed by atoms with E-state index in [-0.39, 0.29) is 23.1 Å². The van der Waals surface area contributed by atoms with Crippen LogP contribution in [-0.4, -0.2) is 45.2 Å². The van der Waals surface area contributed by atoms with Crippen molar-refractivity contribution in [2.75, 3.05) is 17.3 Å². The van der Waals surface area contributed by atoms with E-state index in [1.807, 2.05) is 0 Å². The van der Waals surface area contributed by atoms with E-state index in [2.05, 4.69) is 20.8 Å². The Kier molecular flexibility index (Phi) is 12.9. The molecule has 0 heterocycles. The van der Waals surface area contributed by atoms with Crippen molar-refractivity contribution in [1.29, 1.82) is 0 Å². The average molecular weight is 269 g/mol. The van der Waals surface area contributed by atoms with Crippen molar-refractivity contribution in [1.82, 2.24) is 0 Å². The predicted molar refractivity (Wildman–Crippen MR) is 73.9 cm³/mol. The van der Waals surface area contributed by atoms with Crippen molar-refractivity contribution in [3.05, 3.63) is 0 Å². The lowest BCUT2D eigenvalue weighted by atomic mass is 10.6. The fourth-order valence-electron chi connectivity index (χ4n) is 1.70. The van der Waals surface area contributed by atoms with Crippen molar-refractivity contribution >= 4 is 41.6 Å². The molecule has 0 amide bonds. The van der Waals surface area contributed by atoms with Crippen LogP contribution in [0, 0.1) is 0 Å². The summed E-state index contributed by atoms with van der Waals surface area (Å²) in [6, 6.07) is 0. The molecule has 0 aliphatic heterocycles. The van der Waals surface area contributed by atoms with Gasteiger partial charge in [0.05, 0.1) is 0 Å². The quantitative estimate of drug-likeness (QED) is 0.543. The molecule has 1 atom stereocenters. The van der Waals surface area contributed by atoms with E-state index in [4.69, 9.17) is 8.86 Å². The standard InChI is InChI=1S/C9H23O3PS.Mg.2H/c1-4-7-14(8-5-2,9-6-3)12-13(10)11;;;/h13H,4-9H2,1-3H3,(H,10,11);;;. The minimum absolute atomic E-state index is 0. The largest absolute Gasteiger partial charge is 0.326 e. The summed E-state index contributed by atoms with van der Waals surface area (Å²) in [5.41, 5.74) is 0. The minimum atomic E-state index is -2.77. The van der Waals surface area contributed by atoms with E-state index in [1.165, 1.54) is 0 Å². The van der Waals surface area contributed by atoms with Gasteiger partial charge >= 0.3 is 31.3 Å². The van der Waals surface area contributed by atoms with E-state index in [9.17, 15) is 4.57 Å². The van der Waals surface area contributed by atoms with Crippen LogP contribution in [0.3, 0.4) is 0 Å². The van der Waals surface area contributed by atoms with Gasteiger partial charge in [0.25, 0.3) is 0 Å². The highest BCUT2D eigenvalue weighted by atomic mass is 32.3. The van der Waals surface area contributed by atoms with Gasteiger partial charge in [-0.2, -0.15) is 0 Å². The Morgan fingerprint density at radius 2 is 1.40 bits per heavy atom. The fourth-order valence-corrected chi connectivity index (χ4v) is 6.75. The molecule has 0 bridgehead atoms. The highest BCUT2D eigenvalue weighted by molar-refractivity contribution is 8.31. The van der Waals surface area contributed by atoms with Gasteiger partial charge in [-0.05, 0) is 36.5 Å². The van der Waals surface area contributed by atoms with E-state index in [0.29, 0.717) is 0 Å². The minimum Gasteiger partial charge on any atom is -0.326 e. The molecule has 0 saturated heterocycles. The summed E-state index contributed by atoms with van der Waals surface area (Å²) in [4.78, 5) is 8.91. The molecule has 0 aromatic heterocycles. The first-order valence-corrected chi connectivity index (χ1v) is 8.61. The molecule has 92 valence electrons. The normalized spacial score (nSPS) is 14.4. The molecule has 0 aliphatic rings. The van der Waals surface area contributed by atoms with Gasteiger partial charge in [-0.1, -0.05) is 20.8 Å². The number of hydrogen-bond donors (Lipinski definition) is 1. The lowest BCUT2D eigenvalue weighted by molar-refractivity contribution is 0.425. The van der Waals surface area contributed by atoms with Crippen LogP contribution in [0.25, 0.3) is 0 Å². The summed E-state index contributed by atoms with van der Waals surface area (Å²) in [5.74, 6) is 2.89. The fraction of sp³-hybridized carbons (Fsp3) is 1.00. The van der Waals surface area contributed by atoms with Crippen molar-refractivity contribution in [2.24, 2.45) is 0 Å². The third-order valence-electron chi connectivity index (χ3n) is 1.98. The Morgan fingerprint density at radius 1 is 1.07 bits per heavy atom. The van der Waals surface area contributed by atoms with Gasteiger partial charge in [0.15, 0.2) is 0 Å². The summed E-state index contributed by atoms with van der Waals surface area (Å²) < 4.78 is 16.2. The van der Waals surface area contributed by atoms with E-state index in [0.717, 1.165) is 36.5 Å². The highest BCUT2D eigenvalue weighted by Gasteiger charge is 2.24. The first-order chi connectivity index (χ1) is 6.60. The van der Waals surface area contributed by atoms with Gasteiger partial charge in [0.1, 0.15) is 0 Å². The van der Waals surface area contributed by atoms with Gasteiger partial charge in [0.2, 0.25) is 0 Å². The molecule has 0 aliphatic carbocycles. The second kappa shape index (κ2) is 10.4. The Hall–Kier alpha value is 1.27. The average Bonchev–Trinajstić information content (AvgIpc) is 2.03. The predicted octanol–water partition coefficient (Wildman–Crippen LogP) is 2.42. The molecule has 1 unspecified atom stereocenters. The third-order valence-corrected chi connectivity index (χ3v) is 7.42. The smallest absolute Gasteiger partial charge is 0.326 e. The zero-order valence-corrected chi connectivity index (χ0v) is 11.2. The molecule has 0 rings (SSSR count).